The zero-order chi connectivity index (χ0) is 12.6. The molecule has 3 nitrogen and oxygen atoms in total. The summed E-state index contributed by atoms with van der Waals surface area (Å²) in [6.45, 7) is 5.95. The Labute approximate surface area is 106 Å². The van der Waals surface area contributed by atoms with Crippen LogP contribution in [0.2, 0.25) is 0 Å². The van der Waals surface area contributed by atoms with Gasteiger partial charge in [-0.25, -0.2) is 0 Å². The summed E-state index contributed by atoms with van der Waals surface area (Å²) in [5.41, 5.74) is 4.85. The van der Waals surface area contributed by atoms with E-state index >= 15 is 0 Å². The number of likely N-dealkylation sites (tertiary alicyclic amines) is 1. The zero-order valence-corrected chi connectivity index (χ0v) is 11.5. The number of nitrogens with zero attached hydrogens (tertiary/aromatic N) is 1. The topological polar surface area (TPSA) is 49.5 Å². The molecule has 0 aliphatic carbocycles. The fourth-order valence-electron chi connectivity index (χ4n) is 2.48. The Bertz CT molecular complexity index is 187. The highest BCUT2D eigenvalue weighted by Gasteiger charge is 2.17. The van der Waals surface area contributed by atoms with Crippen molar-refractivity contribution < 1.29 is 5.11 Å². The van der Waals surface area contributed by atoms with E-state index in [2.05, 4.69) is 4.90 Å². The minimum atomic E-state index is -0.656. The van der Waals surface area contributed by atoms with Crippen LogP contribution in [0, 0.1) is 0 Å². The van der Waals surface area contributed by atoms with E-state index in [4.69, 9.17) is 5.73 Å². The average molecular weight is 242 g/mol. The van der Waals surface area contributed by atoms with Crippen LogP contribution >= 0.6 is 0 Å². The first-order valence-electron chi connectivity index (χ1n) is 7.29. The molecule has 1 rings (SSSR count). The van der Waals surface area contributed by atoms with E-state index in [0.29, 0.717) is 6.54 Å². The lowest BCUT2D eigenvalue weighted by Crippen LogP contribution is -2.34. The highest BCUT2D eigenvalue weighted by Crippen LogP contribution is 2.14. The molecule has 0 bridgehead atoms. The van der Waals surface area contributed by atoms with Crippen molar-refractivity contribution in [1.82, 2.24) is 4.90 Å². The van der Waals surface area contributed by atoms with Crippen LogP contribution in [-0.4, -0.2) is 41.8 Å². The van der Waals surface area contributed by atoms with E-state index in [1.165, 1.54) is 58.2 Å². The van der Waals surface area contributed by atoms with Crippen LogP contribution in [0.15, 0.2) is 0 Å². The SMILES string of the molecule is CC(O)(CN)CCCCN1CCCCCCC1. The van der Waals surface area contributed by atoms with Gasteiger partial charge in [0.25, 0.3) is 0 Å². The van der Waals surface area contributed by atoms with Gasteiger partial charge in [-0.2, -0.15) is 0 Å². The summed E-state index contributed by atoms with van der Waals surface area (Å²) >= 11 is 0. The van der Waals surface area contributed by atoms with Crippen molar-refractivity contribution in [2.75, 3.05) is 26.2 Å². The van der Waals surface area contributed by atoms with Crippen LogP contribution in [0.1, 0.15) is 58.3 Å². The number of hydrogen-bond acceptors (Lipinski definition) is 3. The first-order chi connectivity index (χ1) is 8.14. The summed E-state index contributed by atoms with van der Waals surface area (Å²) in [7, 11) is 0. The molecule has 0 aromatic carbocycles. The second-order valence-electron chi connectivity index (χ2n) is 5.77. The van der Waals surface area contributed by atoms with E-state index in [0.717, 1.165) is 12.8 Å². The maximum absolute atomic E-state index is 9.80. The predicted molar refractivity (Wildman–Crippen MR) is 73.1 cm³/mol. The van der Waals surface area contributed by atoms with Gasteiger partial charge in [0, 0.05) is 6.54 Å². The molecule has 3 N–H and O–H groups in total. The molecule has 0 spiro atoms. The van der Waals surface area contributed by atoms with Crippen LogP contribution < -0.4 is 5.73 Å². The Kier molecular flexibility index (Phi) is 7.09. The van der Waals surface area contributed by atoms with Gasteiger partial charge >= 0.3 is 0 Å². The Morgan fingerprint density at radius 3 is 2.24 bits per heavy atom. The maximum Gasteiger partial charge on any atom is 0.0741 e. The first-order valence-corrected chi connectivity index (χ1v) is 7.29. The summed E-state index contributed by atoms with van der Waals surface area (Å²) in [5.74, 6) is 0. The molecule has 0 radical (unpaired) electrons. The molecule has 0 amide bonds. The monoisotopic (exact) mass is 242 g/mol. The third-order valence-corrected chi connectivity index (χ3v) is 3.83. The van der Waals surface area contributed by atoms with Crippen molar-refractivity contribution >= 4 is 0 Å². The summed E-state index contributed by atoms with van der Waals surface area (Å²) in [5, 5.41) is 9.80. The molecular weight excluding hydrogens is 212 g/mol. The fourth-order valence-corrected chi connectivity index (χ4v) is 2.48. The largest absolute Gasteiger partial charge is 0.389 e. The lowest BCUT2D eigenvalue weighted by molar-refractivity contribution is 0.0563. The molecule has 0 aromatic rings. The summed E-state index contributed by atoms with van der Waals surface area (Å²) in [4.78, 5) is 2.59. The van der Waals surface area contributed by atoms with Crippen molar-refractivity contribution in [1.29, 1.82) is 0 Å². The van der Waals surface area contributed by atoms with Gasteiger partial charge in [0.05, 0.1) is 5.60 Å². The van der Waals surface area contributed by atoms with Crippen molar-refractivity contribution in [3.63, 3.8) is 0 Å². The second-order valence-corrected chi connectivity index (χ2v) is 5.77. The molecule has 1 aliphatic rings. The number of nitrogens with two attached hydrogens (primary N) is 1. The quantitative estimate of drug-likeness (QED) is 0.702. The van der Waals surface area contributed by atoms with Crippen LogP contribution in [0.3, 0.4) is 0 Å². The van der Waals surface area contributed by atoms with Crippen molar-refractivity contribution in [2.45, 2.75) is 63.9 Å². The smallest absolute Gasteiger partial charge is 0.0741 e. The molecule has 1 atom stereocenters. The standard InChI is InChI=1S/C14H30N2O/c1-14(17,13-15)9-5-8-12-16-10-6-3-2-4-7-11-16/h17H,2-13,15H2,1H3. The van der Waals surface area contributed by atoms with Gasteiger partial charge in [0.2, 0.25) is 0 Å². The number of hydrogen-bond donors (Lipinski definition) is 2. The molecule has 1 fully saturated rings. The van der Waals surface area contributed by atoms with Crippen molar-refractivity contribution in [3.05, 3.63) is 0 Å². The lowest BCUT2D eigenvalue weighted by Gasteiger charge is -2.25. The fraction of sp³-hybridized carbons (Fsp3) is 1.00. The van der Waals surface area contributed by atoms with Gasteiger partial charge in [-0.05, 0) is 58.7 Å². The summed E-state index contributed by atoms with van der Waals surface area (Å²) in [6.07, 6.45) is 10.1. The van der Waals surface area contributed by atoms with Crippen LogP contribution in [0.5, 0.6) is 0 Å². The van der Waals surface area contributed by atoms with Gasteiger partial charge in [-0.15, -0.1) is 0 Å². The molecule has 0 aromatic heterocycles. The molecule has 102 valence electrons. The van der Waals surface area contributed by atoms with Crippen molar-refractivity contribution in [3.8, 4) is 0 Å². The number of unbranched alkanes of at least 4 members (excludes halogenated alkanes) is 1. The highest BCUT2D eigenvalue weighted by atomic mass is 16.3. The molecule has 0 saturated carbocycles. The third-order valence-electron chi connectivity index (χ3n) is 3.83. The molecule has 1 heterocycles. The van der Waals surface area contributed by atoms with Crippen LogP contribution in [-0.2, 0) is 0 Å². The number of aliphatic hydroxyl groups is 1. The van der Waals surface area contributed by atoms with Gasteiger partial charge in [-0.1, -0.05) is 19.3 Å². The second kappa shape index (κ2) is 8.06. The van der Waals surface area contributed by atoms with Crippen molar-refractivity contribution in [2.24, 2.45) is 5.73 Å². The molecule has 1 unspecified atom stereocenters. The minimum absolute atomic E-state index is 0.372. The molecule has 1 aliphatic heterocycles. The number of rotatable bonds is 6. The van der Waals surface area contributed by atoms with Gasteiger partial charge < -0.3 is 15.7 Å². The predicted octanol–water partition coefficient (Wildman–Crippen LogP) is 2.13. The van der Waals surface area contributed by atoms with E-state index in [1.807, 2.05) is 6.92 Å². The van der Waals surface area contributed by atoms with E-state index in [9.17, 15) is 5.11 Å². The zero-order valence-electron chi connectivity index (χ0n) is 11.5. The van der Waals surface area contributed by atoms with E-state index in [1.54, 1.807) is 0 Å². The third kappa shape index (κ3) is 7.02. The Morgan fingerprint density at radius 2 is 1.65 bits per heavy atom. The molecule has 17 heavy (non-hydrogen) atoms. The average Bonchev–Trinajstić information content (AvgIpc) is 2.26. The van der Waals surface area contributed by atoms with E-state index in [-0.39, 0.29) is 0 Å². The van der Waals surface area contributed by atoms with Gasteiger partial charge in [-0.3, -0.25) is 0 Å². The molecule has 3 heteroatoms. The Balaban J connectivity index is 2.08. The van der Waals surface area contributed by atoms with Crippen LogP contribution in [0.25, 0.3) is 0 Å². The normalized spacial score (nSPS) is 22.8. The molecule has 1 saturated heterocycles. The minimum Gasteiger partial charge on any atom is -0.389 e. The van der Waals surface area contributed by atoms with E-state index < -0.39 is 5.60 Å². The maximum atomic E-state index is 9.80. The van der Waals surface area contributed by atoms with Crippen LogP contribution in [0.4, 0.5) is 0 Å². The van der Waals surface area contributed by atoms with Gasteiger partial charge in [0.1, 0.15) is 0 Å². The lowest BCUT2D eigenvalue weighted by atomic mass is 9.99. The first kappa shape index (κ1) is 14.9. The highest BCUT2D eigenvalue weighted by molar-refractivity contribution is 4.73. The Hall–Kier alpha value is -0.120. The van der Waals surface area contributed by atoms with Gasteiger partial charge in [0.15, 0.2) is 0 Å². The summed E-state index contributed by atoms with van der Waals surface area (Å²) in [6, 6.07) is 0. The molecular formula is C14H30N2O. The summed E-state index contributed by atoms with van der Waals surface area (Å²) < 4.78 is 0. The Morgan fingerprint density at radius 1 is 1.06 bits per heavy atom.